The summed E-state index contributed by atoms with van der Waals surface area (Å²) in [4.78, 5) is 8.43. The summed E-state index contributed by atoms with van der Waals surface area (Å²) in [5, 5.41) is 13.7. The molecule has 0 bridgehead atoms. The number of hydrogen-bond donors (Lipinski definition) is 2. The molecule has 8 heteroatoms. The maximum Gasteiger partial charge on any atom is 0.191 e. The van der Waals surface area contributed by atoms with E-state index in [1.54, 1.807) is 0 Å². The quantitative estimate of drug-likeness (QED) is 0.337. The van der Waals surface area contributed by atoms with E-state index in [2.05, 4.69) is 57.0 Å². The Balaban J connectivity index is 0.00000280. The third kappa shape index (κ3) is 5.70. The lowest BCUT2D eigenvalue weighted by Crippen LogP contribution is -2.43. The van der Waals surface area contributed by atoms with Gasteiger partial charge in [0.1, 0.15) is 0 Å². The van der Waals surface area contributed by atoms with E-state index in [-0.39, 0.29) is 24.0 Å². The first-order chi connectivity index (χ1) is 13.1. The summed E-state index contributed by atoms with van der Waals surface area (Å²) in [6.45, 7) is 8.32. The van der Waals surface area contributed by atoms with Gasteiger partial charge in [0.15, 0.2) is 5.96 Å². The van der Waals surface area contributed by atoms with Crippen LogP contribution >= 0.6 is 35.3 Å². The molecular weight excluding hydrogens is 483 g/mol. The molecule has 1 aliphatic rings. The monoisotopic (exact) mass is 516 g/mol. The van der Waals surface area contributed by atoms with Gasteiger partial charge in [0.05, 0.1) is 11.7 Å². The van der Waals surface area contributed by atoms with Crippen molar-refractivity contribution < 1.29 is 0 Å². The Hall–Kier alpha value is -1.13. The molecular formula is C20H33IN6S. The van der Waals surface area contributed by atoms with Gasteiger partial charge in [-0.15, -0.1) is 35.3 Å². The van der Waals surface area contributed by atoms with Gasteiger partial charge in [0.2, 0.25) is 0 Å². The minimum Gasteiger partial charge on any atom is -0.356 e. The molecule has 0 radical (unpaired) electrons. The lowest BCUT2D eigenvalue weighted by molar-refractivity contribution is 0.249. The number of nitrogens with one attached hydrogen (secondary N) is 2. The van der Waals surface area contributed by atoms with Crippen LogP contribution in [0.25, 0.3) is 0 Å². The summed E-state index contributed by atoms with van der Waals surface area (Å²) in [5.74, 6) is 0.870. The fraction of sp³-hybridized carbons (Fsp3) is 0.600. The Morgan fingerprint density at radius 1 is 1.29 bits per heavy atom. The maximum absolute atomic E-state index is 4.50. The van der Waals surface area contributed by atoms with Crippen LogP contribution in [0, 0.1) is 13.8 Å². The lowest BCUT2D eigenvalue weighted by Gasteiger charge is -2.27. The van der Waals surface area contributed by atoms with Gasteiger partial charge in [0.25, 0.3) is 0 Å². The number of aromatic nitrogens is 2. The average molecular weight is 516 g/mol. The highest BCUT2D eigenvalue weighted by Crippen LogP contribution is 2.27. The van der Waals surface area contributed by atoms with E-state index in [4.69, 9.17) is 0 Å². The third-order valence-corrected chi connectivity index (χ3v) is 6.44. The van der Waals surface area contributed by atoms with E-state index in [0.29, 0.717) is 6.04 Å². The minimum atomic E-state index is 0. The van der Waals surface area contributed by atoms with E-state index in [9.17, 15) is 0 Å². The first-order valence-corrected chi connectivity index (χ1v) is 10.7. The first kappa shape index (κ1) is 23.2. The van der Waals surface area contributed by atoms with Crippen LogP contribution in [0.5, 0.6) is 0 Å². The molecule has 28 heavy (non-hydrogen) atoms. The molecule has 1 unspecified atom stereocenters. The second-order valence-electron chi connectivity index (χ2n) is 7.18. The SMILES string of the molecule is CN=C(NCCc1c(C)nn(C)c1C)NCC(c1cccs1)N1CCCC1.I. The Labute approximate surface area is 189 Å². The number of aliphatic imine (C=N–C) groups is 1. The molecule has 0 spiro atoms. The second-order valence-corrected chi connectivity index (χ2v) is 8.16. The smallest absolute Gasteiger partial charge is 0.191 e. The van der Waals surface area contributed by atoms with Crippen molar-refractivity contribution in [3.05, 3.63) is 39.3 Å². The molecule has 3 heterocycles. The Bertz CT molecular complexity index is 749. The molecule has 2 N–H and O–H groups in total. The van der Waals surface area contributed by atoms with Crippen LogP contribution in [-0.4, -0.2) is 53.9 Å². The largest absolute Gasteiger partial charge is 0.356 e. The number of thiophene rings is 1. The van der Waals surface area contributed by atoms with E-state index < -0.39 is 0 Å². The van der Waals surface area contributed by atoms with Crippen LogP contribution in [0.2, 0.25) is 0 Å². The molecule has 1 atom stereocenters. The fourth-order valence-corrected chi connectivity index (χ4v) is 4.70. The van der Waals surface area contributed by atoms with Crippen LogP contribution in [-0.2, 0) is 13.5 Å². The molecule has 1 aliphatic heterocycles. The third-order valence-electron chi connectivity index (χ3n) is 5.47. The molecule has 2 aromatic rings. The average Bonchev–Trinajstić information content (AvgIpc) is 3.40. The number of hydrogen-bond acceptors (Lipinski definition) is 4. The standard InChI is InChI=1S/C20H32N6S.HI/c1-15-17(16(2)25(4)24-15)9-10-22-20(21-3)23-14-18(19-8-7-13-27-19)26-11-5-6-12-26;/h7-8,13,18H,5-6,9-12,14H2,1-4H3,(H2,21,22,23);1H. The number of nitrogens with zero attached hydrogens (tertiary/aromatic N) is 4. The van der Waals surface area contributed by atoms with Gasteiger partial charge in [-0.1, -0.05) is 6.07 Å². The van der Waals surface area contributed by atoms with Gasteiger partial charge in [-0.3, -0.25) is 14.6 Å². The molecule has 0 aliphatic carbocycles. The minimum absolute atomic E-state index is 0. The zero-order valence-corrected chi connectivity index (χ0v) is 20.5. The predicted molar refractivity (Wildman–Crippen MR) is 129 cm³/mol. The number of aryl methyl sites for hydroxylation is 2. The van der Waals surface area contributed by atoms with Crippen molar-refractivity contribution in [2.75, 3.05) is 33.2 Å². The molecule has 1 saturated heterocycles. The second kappa shape index (κ2) is 11.2. The van der Waals surface area contributed by atoms with Crippen molar-refractivity contribution >= 4 is 41.3 Å². The Kier molecular flexibility index (Phi) is 9.23. The van der Waals surface area contributed by atoms with E-state index in [1.807, 2.05) is 30.1 Å². The summed E-state index contributed by atoms with van der Waals surface area (Å²) in [7, 11) is 3.84. The van der Waals surface area contributed by atoms with Crippen LogP contribution < -0.4 is 10.6 Å². The van der Waals surface area contributed by atoms with Crippen LogP contribution in [0.4, 0.5) is 0 Å². The van der Waals surface area contributed by atoms with Crippen LogP contribution in [0.3, 0.4) is 0 Å². The molecule has 2 aromatic heterocycles. The van der Waals surface area contributed by atoms with Gasteiger partial charge in [0, 0.05) is 37.8 Å². The lowest BCUT2D eigenvalue weighted by atomic mass is 10.1. The fourth-order valence-electron chi connectivity index (χ4n) is 3.84. The Morgan fingerprint density at radius 2 is 2.04 bits per heavy atom. The van der Waals surface area contributed by atoms with Crippen molar-refractivity contribution in [1.82, 2.24) is 25.3 Å². The molecule has 0 saturated carbocycles. The predicted octanol–water partition coefficient (Wildman–Crippen LogP) is 3.26. The molecule has 156 valence electrons. The van der Waals surface area contributed by atoms with Gasteiger partial charge >= 0.3 is 0 Å². The highest BCUT2D eigenvalue weighted by atomic mass is 127. The highest BCUT2D eigenvalue weighted by Gasteiger charge is 2.24. The summed E-state index contributed by atoms with van der Waals surface area (Å²) in [6.07, 6.45) is 3.56. The normalized spacial score (nSPS) is 16.1. The summed E-state index contributed by atoms with van der Waals surface area (Å²) < 4.78 is 1.96. The van der Waals surface area contributed by atoms with Crippen molar-refractivity contribution in [1.29, 1.82) is 0 Å². The Morgan fingerprint density at radius 3 is 2.61 bits per heavy atom. The van der Waals surface area contributed by atoms with Gasteiger partial charge < -0.3 is 10.6 Å². The van der Waals surface area contributed by atoms with Crippen molar-refractivity contribution in [3.8, 4) is 0 Å². The van der Waals surface area contributed by atoms with Gasteiger partial charge in [-0.05, 0) is 63.2 Å². The van der Waals surface area contributed by atoms with Crippen LogP contribution in [0.15, 0.2) is 22.5 Å². The van der Waals surface area contributed by atoms with Gasteiger partial charge in [-0.2, -0.15) is 5.10 Å². The number of halogens is 1. The molecule has 6 nitrogen and oxygen atoms in total. The molecule has 0 amide bonds. The summed E-state index contributed by atoms with van der Waals surface area (Å²) in [6, 6.07) is 4.82. The molecule has 1 fully saturated rings. The van der Waals surface area contributed by atoms with Gasteiger partial charge in [-0.25, -0.2) is 0 Å². The zero-order chi connectivity index (χ0) is 19.2. The summed E-state index contributed by atoms with van der Waals surface area (Å²) in [5.41, 5.74) is 3.68. The molecule has 3 rings (SSSR count). The highest BCUT2D eigenvalue weighted by molar-refractivity contribution is 14.0. The maximum atomic E-state index is 4.50. The van der Waals surface area contributed by atoms with Crippen LogP contribution in [0.1, 0.15) is 40.7 Å². The van der Waals surface area contributed by atoms with Crippen molar-refractivity contribution in [2.45, 2.75) is 39.2 Å². The van der Waals surface area contributed by atoms with Crippen molar-refractivity contribution in [2.24, 2.45) is 12.0 Å². The number of likely N-dealkylation sites (tertiary alicyclic amines) is 1. The zero-order valence-electron chi connectivity index (χ0n) is 17.4. The number of rotatable bonds is 7. The first-order valence-electron chi connectivity index (χ1n) is 9.81. The van der Waals surface area contributed by atoms with Crippen molar-refractivity contribution in [3.63, 3.8) is 0 Å². The summed E-state index contributed by atoms with van der Waals surface area (Å²) >= 11 is 1.85. The van der Waals surface area contributed by atoms with E-state index >= 15 is 0 Å². The topological polar surface area (TPSA) is 57.5 Å². The van der Waals surface area contributed by atoms with E-state index in [0.717, 1.165) is 31.2 Å². The molecule has 0 aromatic carbocycles. The van der Waals surface area contributed by atoms with E-state index in [1.165, 1.54) is 42.1 Å². The number of guanidine groups is 1.